The van der Waals surface area contributed by atoms with Gasteiger partial charge in [-0.05, 0) is 62.6 Å². The number of amides is 2. The van der Waals surface area contributed by atoms with Crippen molar-refractivity contribution in [1.82, 2.24) is 24.8 Å². The van der Waals surface area contributed by atoms with E-state index in [0.717, 1.165) is 39.1 Å². The van der Waals surface area contributed by atoms with Gasteiger partial charge in [0, 0.05) is 36.3 Å². The van der Waals surface area contributed by atoms with Crippen LogP contribution in [0.4, 0.5) is 4.39 Å². The second-order valence-electron chi connectivity index (χ2n) is 8.32. The zero-order valence-electron chi connectivity index (χ0n) is 19.6. The van der Waals surface area contributed by atoms with Gasteiger partial charge in [0.25, 0.3) is 0 Å². The molecule has 2 heterocycles. The molecule has 1 N–H and O–H groups in total. The number of hydrogen-bond donors (Lipinski definition) is 1. The van der Waals surface area contributed by atoms with Crippen molar-refractivity contribution in [2.75, 3.05) is 13.1 Å². The molecule has 0 unspecified atom stereocenters. The van der Waals surface area contributed by atoms with Crippen molar-refractivity contribution in [2.24, 2.45) is 0 Å². The Morgan fingerprint density at radius 3 is 2.56 bits per heavy atom. The highest BCUT2D eigenvalue weighted by atomic mass is 19.1. The summed E-state index contributed by atoms with van der Waals surface area (Å²) in [5, 5.41) is 8.46. The lowest BCUT2D eigenvalue weighted by molar-refractivity contribution is -0.135. The fourth-order valence-corrected chi connectivity index (χ4v) is 4.14. The van der Waals surface area contributed by atoms with E-state index in [1.165, 1.54) is 12.1 Å². The summed E-state index contributed by atoms with van der Waals surface area (Å²) in [6, 6.07) is 13.8. The lowest BCUT2D eigenvalue weighted by Crippen LogP contribution is -2.40. The first-order valence-corrected chi connectivity index (χ1v) is 11.4. The second kappa shape index (κ2) is 9.99. The monoisotopic (exact) mass is 461 g/mol. The van der Waals surface area contributed by atoms with Gasteiger partial charge in [0.05, 0.1) is 12.1 Å². The van der Waals surface area contributed by atoms with Gasteiger partial charge in [0.15, 0.2) is 5.65 Å². The van der Waals surface area contributed by atoms with E-state index >= 15 is 0 Å². The molecule has 8 heteroatoms. The van der Waals surface area contributed by atoms with Crippen molar-refractivity contribution >= 4 is 28.4 Å². The third-order valence-corrected chi connectivity index (χ3v) is 6.08. The fourth-order valence-electron chi connectivity index (χ4n) is 4.14. The number of hydrogen-bond acceptors (Lipinski definition) is 4. The number of likely N-dealkylation sites (N-methyl/N-ethyl adjacent to an activating group) is 1. The lowest BCUT2D eigenvalue weighted by Gasteiger charge is -2.21. The van der Waals surface area contributed by atoms with Crippen molar-refractivity contribution in [3.05, 3.63) is 76.9 Å². The summed E-state index contributed by atoms with van der Waals surface area (Å²) in [6.45, 7) is 6.50. The van der Waals surface area contributed by atoms with E-state index < -0.39 is 0 Å². The molecule has 4 aromatic rings. The number of nitrogens with one attached hydrogen (secondary N) is 1. The van der Waals surface area contributed by atoms with Crippen LogP contribution in [-0.2, 0) is 22.6 Å². The molecule has 0 radical (unpaired) electrons. The molecular weight excluding hydrogens is 433 g/mol. The maximum Gasteiger partial charge on any atom is 0.239 e. The van der Waals surface area contributed by atoms with Gasteiger partial charge < -0.3 is 10.2 Å². The summed E-state index contributed by atoms with van der Waals surface area (Å²) in [6.07, 6.45) is 0.790. The summed E-state index contributed by atoms with van der Waals surface area (Å²) in [4.78, 5) is 31.6. The summed E-state index contributed by atoms with van der Waals surface area (Å²) < 4.78 is 14.9. The van der Waals surface area contributed by atoms with Gasteiger partial charge in [-0.2, -0.15) is 5.10 Å². The maximum atomic E-state index is 13.0. The standard InChI is InChI=1S/C26H28FN5O2/c1-4-31(16-24(33)28-15-19-9-11-20(27)12-10-19)25(34)14-13-21-17(2)29-26-22-7-5-6-8-23(22)30-32(26)18(21)3/h5-12H,4,13-16H2,1-3H3,(H,28,33). The van der Waals surface area contributed by atoms with Crippen LogP contribution < -0.4 is 5.32 Å². The Hall–Kier alpha value is -3.81. The first-order valence-electron chi connectivity index (χ1n) is 11.4. The molecule has 4 rings (SSSR count). The largest absolute Gasteiger partial charge is 0.350 e. The average Bonchev–Trinajstić information content (AvgIpc) is 3.20. The zero-order chi connectivity index (χ0) is 24.2. The number of rotatable bonds is 8. The highest BCUT2D eigenvalue weighted by Crippen LogP contribution is 2.23. The Bertz CT molecular complexity index is 1350. The summed E-state index contributed by atoms with van der Waals surface area (Å²) in [5.41, 5.74) is 5.33. The normalized spacial score (nSPS) is 11.2. The molecule has 0 aliphatic carbocycles. The van der Waals surface area contributed by atoms with E-state index in [2.05, 4.69) is 10.4 Å². The first-order chi connectivity index (χ1) is 16.4. The summed E-state index contributed by atoms with van der Waals surface area (Å²) in [7, 11) is 0. The Labute approximate surface area is 197 Å². The van der Waals surface area contributed by atoms with Gasteiger partial charge in [0.1, 0.15) is 5.82 Å². The van der Waals surface area contributed by atoms with Crippen molar-refractivity contribution in [3.8, 4) is 0 Å². The van der Waals surface area contributed by atoms with E-state index in [-0.39, 0.29) is 37.1 Å². The molecule has 34 heavy (non-hydrogen) atoms. The Morgan fingerprint density at radius 2 is 1.82 bits per heavy atom. The molecule has 176 valence electrons. The number of halogens is 1. The lowest BCUT2D eigenvalue weighted by atomic mass is 10.1. The summed E-state index contributed by atoms with van der Waals surface area (Å²) >= 11 is 0. The molecule has 2 aromatic carbocycles. The molecule has 0 aliphatic rings. The van der Waals surface area contributed by atoms with Gasteiger partial charge in [-0.15, -0.1) is 0 Å². The van der Waals surface area contributed by atoms with E-state index in [1.807, 2.05) is 49.6 Å². The van der Waals surface area contributed by atoms with Gasteiger partial charge in [-0.1, -0.05) is 24.3 Å². The predicted octanol–water partition coefficient (Wildman–Crippen LogP) is 3.74. The van der Waals surface area contributed by atoms with E-state index in [9.17, 15) is 14.0 Å². The van der Waals surface area contributed by atoms with E-state index in [0.29, 0.717) is 13.0 Å². The minimum Gasteiger partial charge on any atom is -0.350 e. The zero-order valence-corrected chi connectivity index (χ0v) is 19.6. The molecule has 7 nitrogen and oxygen atoms in total. The number of carbonyl (C=O) groups excluding carboxylic acids is 2. The average molecular weight is 462 g/mol. The van der Waals surface area contributed by atoms with Crippen LogP contribution in [0.3, 0.4) is 0 Å². The van der Waals surface area contributed by atoms with Gasteiger partial charge in [-0.25, -0.2) is 13.9 Å². The van der Waals surface area contributed by atoms with Crippen LogP contribution in [0, 0.1) is 19.7 Å². The maximum absolute atomic E-state index is 13.0. The quantitative estimate of drug-likeness (QED) is 0.434. The van der Waals surface area contributed by atoms with Crippen molar-refractivity contribution < 1.29 is 14.0 Å². The molecule has 2 aromatic heterocycles. The highest BCUT2D eigenvalue weighted by Gasteiger charge is 2.18. The number of benzene rings is 2. The third-order valence-electron chi connectivity index (χ3n) is 6.08. The molecule has 0 saturated heterocycles. The molecule has 0 spiro atoms. The number of nitrogens with zero attached hydrogens (tertiary/aromatic N) is 4. The van der Waals surface area contributed by atoms with Crippen LogP contribution in [-0.4, -0.2) is 44.4 Å². The predicted molar refractivity (Wildman–Crippen MR) is 129 cm³/mol. The molecule has 0 fully saturated rings. The molecule has 0 atom stereocenters. The first kappa shape index (κ1) is 23.4. The number of aromatic nitrogens is 3. The van der Waals surface area contributed by atoms with E-state index in [1.54, 1.807) is 17.0 Å². The minimum atomic E-state index is -0.321. The molecule has 0 bridgehead atoms. The molecule has 0 aliphatic heterocycles. The number of aryl methyl sites for hydroxylation is 2. The van der Waals surface area contributed by atoms with Crippen LogP contribution in [0.25, 0.3) is 16.6 Å². The SMILES string of the molecule is CCN(CC(=O)NCc1ccc(F)cc1)C(=O)CCc1c(C)nc2c3ccccc3nn2c1C. The molecule has 2 amide bonds. The Balaban J connectivity index is 1.40. The van der Waals surface area contributed by atoms with Crippen LogP contribution in [0.15, 0.2) is 48.5 Å². The number of fused-ring (bicyclic) bond motifs is 3. The van der Waals surface area contributed by atoms with Crippen molar-refractivity contribution in [3.63, 3.8) is 0 Å². The van der Waals surface area contributed by atoms with Crippen LogP contribution >= 0.6 is 0 Å². The van der Waals surface area contributed by atoms with Gasteiger partial charge >= 0.3 is 0 Å². The Morgan fingerprint density at radius 1 is 1.09 bits per heavy atom. The van der Waals surface area contributed by atoms with E-state index in [4.69, 9.17) is 4.98 Å². The van der Waals surface area contributed by atoms with Crippen LogP contribution in [0.5, 0.6) is 0 Å². The van der Waals surface area contributed by atoms with Crippen molar-refractivity contribution in [2.45, 2.75) is 40.2 Å². The second-order valence-corrected chi connectivity index (χ2v) is 8.32. The smallest absolute Gasteiger partial charge is 0.239 e. The highest BCUT2D eigenvalue weighted by molar-refractivity contribution is 5.92. The van der Waals surface area contributed by atoms with Crippen LogP contribution in [0.2, 0.25) is 0 Å². The third kappa shape index (κ3) is 4.90. The van der Waals surface area contributed by atoms with Crippen LogP contribution in [0.1, 0.15) is 35.9 Å². The summed E-state index contributed by atoms with van der Waals surface area (Å²) in [5.74, 6) is -0.666. The van der Waals surface area contributed by atoms with Crippen molar-refractivity contribution in [1.29, 1.82) is 0 Å². The number of carbonyl (C=O) groups is 2. The molecular formula is C26H28FN5O2. The molecule has 0 saturated carbocycles. The Kier molecular flexibility index (Phi) is 6.86. The van der Waals surface area contributed by atoms with Gasteiger partial charge in [0.2, 0.25) is 11.8 Å². The minimum absolute atomic E-state index is 0.0175. The van der Waals surface area contributed by atoms with Gasteiger partial charge in [-0.3, -0.25) is 9.59 Å². The topological polar surface area (TPSA) is 79.6 Å². The fraction of sp³-hybridized carbons (Fsp3) is 0.308.